The minimum Gasteiger partial charge on any atom is -0.381 e. The Balaban J connectivity index is 1.26. The summed E-state index contributed by atoms with van der Waals surface area (Å²) in [6.45, 7) is 3.06. The number of benzene rings is 1. The summed E-state index contributed by atoms with van der Waals surface area (Å²) >= 11 is 0. The first-order chi connectivity index (χ1) is 15.7. The predicted octanol–water partition coefficient (Wildman–Crippen LogP) is 3.94. The number of fused-ring (bicyclic) bond motifs is 1. The first-order valence-corrected chi connectivity index (χ1v) is 11.9. The Kier molecular flexibility index (Phi) is 6.21. The predicted molar refractivity (Wildman–Crippen MR) is 123 cm³/mol. The highest BCUT2D eigenvalue weighted by atomic mass is 16.5. The largest absolute Gasteiger partial charge is 0.381 e. The molecule has 2 saturated heterocycles. The van der Waals surface area contributed by atoms with Gasteiger partial charge in [0.1, 0.15) is 0 Å². The Labute approximate surface area is 189 Å². The Morgan fingerprint density at radius 2 is 1.94 bits per heavy atom. The number of hydrogen-bond acceptors (Lipinski definition) is 4. The summed E-state index contributed by atoms with van der Waals surface area (Å²) in [5.41, 5.74) is 2.90. The number of likely N-dealkylation sites (tertiary alicyclic amines) is 1. The molecule has 1 unspecified atom stereocenters. The van der Waals surface area contributed by atoms with Crippen LogP contribution in [0.1, 0.15) is 43.4 Å². The second kappa shape index (κ2) is 9.41. The van der Waals surface area contributed by atoms with Crippen molar-refractivity contribution in [2.45, 2.75) is 44.9 Å². The molecule has 0 aliphatic carbocycles. The van der Waals surface area contributed by atoms with Crippen LogP contribution < -0.4 is 0 Å². The maximum absolute atomic E-state index is 13.9. The number of carbonyl (C=O) groups excluding carboxylic acids is 1. The molecule has 2 aromatic heterocycles. The van der Waals surface area contributed by atoms with Gasteiger partial charge in [0.25, 0.3) is 0 Å². The van der Waals surface area contributed by atoms with Gasteiger partial charge in [-0.15, -0.1) is 0 Å². The van der Waals surface area contributed by atoms with Gasteiger partial charge in [0.2, 0.25) is 5.91 Å². The molecule has 168 valence electrons. The van der Waals surface area contributed by atoms with E-state index >= 15 is 0 Å². The number of hydrogen-bond donors (Lipinski definition) is 0. The van der Waals surface area contributed by atoms with Crippen molar-refractivity contribution in [3.8, 4) is 0 Å². The van der Waals surface area contributed by atoms with Crippen LogP contribution >= 0.6 is 0 Å². The number of amides is 1. The highest BCUT2D eigenvalue weighted by Crippen LogP contribution is 2.37. The molecule has 1 aromatic carbocycles. The van der Waals surface area contributed by atoms with Crippen molar-refractivity contribution in [2.75, 3.05) is 26.3 Å². The Morgan fingerprint density at radius 3 is 2.78 bits per heavy atom. The van der Waals surface area contributed by atoms with Crippen molar-refractivity contribution in [3.05, 3.63) is 66.4 Å². The molecule has 0 radical (unpaired) electrons. The lowest BCUT2D eigenvalue weighted by molar-refractivity contribution is -0.148. The van der Waals surface area contributed by atoms with Gasteiger partial charge in [0.05, 0.1) is 17.3 Å². The Morgan fingerprint density at radius 1 is 1.09 bits per heavy atom. The maximum atomic E-state index is 13.9. The molecule has 2 aliphatic heterocycles. The SMILES string of the molecule is O=C(N1CCCC(Cc2cn3ccnc3cn2)CC1)C1(Cc2ccccc2)CCOCC1. The second-order valence-corrected chi connectivity index (χ2v) is 9.42. The second-order valence-electron chi connectivity index (χ2n) is 9.42. The fourth-order valence-corrected chi connectivity index (χ4v) is 5.39. The Hall–Kier alpha value is -2.73. The fourth-order valence-electron chi connectivity index (χ4n) is 5.39. The number of aromatic nitrogens is 3. The minimum atomic E-state index is -0.326. The van der Waals surface area contributed by atoms with Gasteiger partial charge in [0.15, 0.2) is 5.65 Å². The van der Waals surface area contributed by atoms with Gasteiger partial charge in [-0.2, -0.15) is 0 Å². The zero-order valence-electron chi connectivity index (χ0n) is 18.7. The van der Waals surface area contributed by atoms with E-state index in [4.69, 9.17) is 4.74 Å². The van der Waals surface area contributed by atoms with Crippen LogP contribution in [0.5, 0.6) is 0 Å². The standard InChI is InChI=1S/C26H32N4O2/c31-25(26(9-15-32-16-10-26)18-22-5-2-1-3-6-22)29-12-4-7-21(8-13-29)17-23-20-30-14-11-27-24(30)19-28-23/h1-3,5-6,11,14,19-21H,4,7-10,12-13,15-18H2. The highest BCUT2D eigenvalue weighted by molar-refractivity contribution is 5.83. The van der Waals surface area contributed by atoms with Gasteiger partial charge in [-0.3, -0.25) is 9.78 Å². The van der Waals surface area contributed by atoms with E-state index in [-0.39, 0.29) is 5.41 Å². The zero-order valence-corrected chi connectivity index (χ0v) is 18.7. The molecule has 0 N–H and O–H groups in total. The van der Waals surface area contributed by atoms with Crippen molar-refractivity contribution < 1.29 is 9.53 Å². The smallest absolute Gasteiger partial charge is 0.229 e. The van der Waals surface area contributed by atoms with E-state index in [1.807, 2.05) is 22.9 Å². The molecule has 5 rings (SSSR count). The van der Waals surface area contributed by atoms with E-state index in [1.165, 1.54) is 5.56 Å². The average molecular weight is 433 g/mol. The molecule has 2 aliphatic rings. The third-order valence-electron chi connectivity index (χ3n) is 7.25. The maximum Gasteiger partial charge on any atom is 0.229 e. The van der Waals surface area contributed by atoms with Gasteiger partial charge in [-0.1, -0.05) is 30.3 Å². The first-order valence-electron chi connectivity index (χ1n) is 11.9. The third-order valence-corrected chi connectivity index (χ3v) is 7.25. The van der Waals surface area contributed by atoms with Crippen molar-refractivity contribution in [1.29, 1.82) is 0 Å². The molecule has 1 atom stereocenters. The quantitative estimate of drug-likeness (QED) is 0.613. The number of nitrogens with zero attached hydrogens (tertiary/aromatic N) is 4. The van der Waals surface area contributed by atoms with E-state index in [1.54, 1.807) is 6.20 Å². The molecule has 0 saturated carbocycles. The van der Waals surface area contributed by atoms with Gasteiger partial charge in [-0.05, 0) is 56.4 Å². The summed E-state index contributed by atoms with van der Waals surface area (Å²) in [6, 6.07) is 10.5. The fraction of sp³-hybridized carbons (Fsp3) is 0.500. The summed E-state index contributed by atoms with van der Waals surface area (Å²) in [7, 11) is 0. The lowest BCUT2D eigenvalue weighted by Gasteiger charge is -2.40. The van der Waals surface area contributed by atoms with Crippen molar-refractivity contribution in [2.24, 2.45) is 11.3 Å². The van der Waals surface area contributed by atoms with Crippen molar-refractivity contribution in [3.63, 3.8) is 0 Å². The van der Waals surface area contributed by atoms with Crippen LogP contribution in [0.25, 0.3) is 5.65 Å². The molecule has 6 nitrogen and oxygen atoms in total. The van der Waals surface area contributed by atoms with E-state index in [0.29, 0.717) is 25.0 Å². The Bertz CT molecular complexity index is 1040. The monoisotopic (exact) mass is 432 g/mol. The normalized spacial score (nSPS) is 21.4. The number of imidazole rings is 1. The van der Waals surface area contributed by atoms with Crippen LogP contribution in [-0.4, -0.2) is 51.5 Å². The third kappa shape index (κ3) is 4.56. The van der Waals surface area contributed by atoms with Crippen LogP contribution in [0.2, 0.25) is 0 Å². The molecular formula is C26H32N4O2. The minimum absolute atomic E-state index is 0.326. The van der Waals surface area contributed by atoms with Crippen LogP contribution in [0.4, 0.5) is 0 Å². The number of carbonyl (C=O) groups is 1. The lowest BCUT2D eigenvalue weighted by Crippen LogP contribution is -2.48. The molecule has 0 spiro atoms. The molecular weight excluding hydrogens is 400 g/mol. The van der Waals surface area contributed by atoms with Gasteiger partial charge in [0, 0.05) is 44.9 Å². The van der Waals surface area contributed by atoms with Crippen LogP contribution in [0, 0.1) is 11.3 Å². The number of rotatable bonds is 5. The lowest BCUT2D eigenvalue weighted by atomic mass is 9.74. The number of ether oxygens (including phenoxy) is 1. The average Bonchev–Trinajstić information content (AvgIpc) is 3.17. The summed E-state index contributed by atoms with van der Waals surface area (Å²) in [5, 5.41) is 0. The topological polar surface area (TPSA) is 59.7 Å². The highest BCUT2D eigenvalue weighted by Gasteiger charge is 2.42. The van der Waals surface area contributed by atoms with Crippen molar-refractivity contribution >= 4 is 11.6 Å². The van der Waals surface area contributed by atoms with Crippen LogP contribution in [0.15, 0.2) is 55.1 Å². The molecule has 32 heavy (non-hydrogen) atoms. The van der Waals surface area contributed by atoms with Gasteiger partial charge in [-0.25, -0.2) is 4.98 Å². The van der Waals surface area contributed by atoms with E-state index in [2.05, 4.69) is 45.3 Å². The molecule has 0 bridgehead atoms. The molecule has 4 heterocycles. The first kappa shape index (κ1) is 21.1. The molecule has 1 amide bonds. The summed E-state index contributed by atoms with van der Waals surface area (Å²) in [6.07, 6.45) is 14.3. The van der Waals surface area contributed by atoms with E-state index in [9.17, 15) is 4.79 Å². The summed E-state index contributed by atoms with van der Waals surface area (Å²) < 4.78 is 7.68. The molecule has 2 fully saturated rings. The van der Waals surface area contributed by atoms with Gasteiger partial charge >= 0.3 is 0 Å². The van der Waals surface area contributed by atoms with E-state index in [0.717, 1.165) is 69.4 Å². The summed E-state index contributed by atoms with van der Waals surface area (Å²) in [5.74, 6) is 0.893. The van der Waals surface area contributed by atoms with E-state index < -0.39 is 0 Å². The van der Waals surface area contributed by atoms with Crippen molar-refractivity contribution in [1.82, 2.24) is 19.3 Å². The van der Waals surface area contributed by atoms with Crippen LogP contribution in [0.3, 0.4) is 0 Å². The zero-order chi connectivity index (χ0) is 21.8. The summed E-state index contributed by atoms with van der Waals surface area (Å²) in [4.78, 5) is 24.9. The molecule has 6 heteroatoms. The van der Waals surface area contributed by atoms with Crippen LogP contribution in [-0.2, 0) is 22.4 Å². The van der Waals surface area contributed by atoms with Gasteiger partial charge < -0.3 is 14.0 Å². The molecule has 3 aromatic rings.